The van der Waals surface area contributed by atoms with Gasteiger partial charge in [0.2, 0.25) is 5.91 Å². The number of thioether (sulfide) groups is 1. The Labute approximate surface area is 275 Å². The molecule has 2 unspecified atom stereocenters. The van der Waals surface area contributed by atoms with Crippen molar-refractivity contribution in [3.63, 3.8) is 0 Å². The van der Waals surface area contributed by atoms with Crippen molar-refractivity contribution in [2.45, 2.75) is 83.5 Å². The Balaban J connectivity index is 1.48. The highest BCUT2D eigenvalue weighted by molar-refractivity contribution is 8.00. The molecule has 3 amide bonds. The van der Waals surface area contributed by atoms with Crippen LogP contribution in [-0.2, 0) is 38.5 Å². The molecule has 1 fully saturated rings. The van der Waals surface area contributed by atoms with E-state index in [9.17, 15) is 37.5 Å². The summed E-state index contributed by atoms with van der Waals surface area (Å²) in [6.07, 6.45) is -2.04. The molecule has 10 nitrogen and oxygen atoms in total. The van der Waals surface area contributed by atoms with Crippen LogP contribution in [0.4, 0.5) is 18.0 Å². The van der Waals surface area contributed by atoms with E-state index in [2.05, 4.69) is 5.32 Å². The largest absolute Gasteiger partial charge is 0.478 e. The molecule has 2 aliphatic rings. The third kappa shape index (κ3) is 9.33. The molecule has 1 saturated heterocycles. The number of ether oxygens (including phenoxy) is 2. The van der Waals surface area contributed by atoms with Gasteiger partial charge in [-0.25, -0.2) is 22.8 Å². The predicted octanol–water partition coefficient (Wildman–Crippen LogP) is 4.90. The summed E-state index contributed by atoms with van der Waals surface area (Å²) in [7, 11) is 0. The summed E-state index contributed by atoms with van der Waals surface area (Å²) >= 11 is 1.30. The number of hydrogen-bond donors (Lipinski definition) is 2. The van der Waals surface area contributed by atoms with E-state index in [1.165, 1.54) is 16.7 Å². The normalized spacial score (nSPS) is 17.6. The van der Waals surface area contributed by atoms with Crippen LogP contribution in [0.5, 0.6) is 5.75 Å². The maximum atomic E-state index is 14.5. The van der Waals surface area contributed by atoms with Gasteiger partial charge >= 0.3 is 12.1 Å². The lowest BCUT2D eigenvalue weighted by Gasteiger charge is -2.34. The number of hydrogen-bond acceptors (Lipinski definition) is 7. The van der Waals surface area contributed by atoms with E-state index in [1.54, 1.807) is 51.7 Å². The fraction of sp³-hybridized carbons (Fsp3) is 0.515. The van der Waals surface area contributed by atoms with Crippen LogP contribution in [0.1, 0.15) is 57.7 Å². The molecule has 0 saturated carbocycles. The van der Waals surface area contributed by atoms with Crippen LogP contribution in [0, 0.1) is 23.4 Å². The average molecular weight is 680 g/mol. The number of halogens is 3. The first kappa shape index (κ1) is 35.9. The topological polar surface area (TPSA) is 125 Å². The van der Waals surface area contributed by atoms with Gasteiger partial charge in [-0.3, -0.25) is 9.59 Å². The van der Waals surface area contributed by atoms with Crippen LogP contribution < -0.4 is 10.1 Å². The molecule has 2 heterocycles. The molecule has 0 bridgehead atoms. The van der Waals surface area contributed by atoms with E-state index in [0.29, 0.717) is 36.6 Å². The summed E-state index contributed by atoms with van der Waals surface area (Å²) in [5.41, 5.74) is 0.706. The third-order valence-corrected chi connectivity index (χ3v) is 8.92. The first-order valence-corrected chi connectivity index (χ1v) is 16.4. The Morgan fingerprint density at radius 1 is 1.02 bits per heavy atom. The molecule has 47 heavy (non-hydrogen) atoms. The minimum atomic E-state index is -1.36. The van der Waals surface area contributed by atoms with Gasteiger partial charge in [-0.05, 0) is 68.5 Å². The van der Waals surface area contributed by atoms with Gasteiger partial charge in [0, 0.05) is 49.8 Å². The zero-order valence-corrected chi connectivity index (χ0v) is 27.8. The van der Waals surface area contributed by atoms with Gasteiger partial charge in [0.15, 0.2) is 23.1 Å². The lowest BCUT2D eigenvalue weighted by Crippen LogP contribution is -2.50. The summed E-state index contributed by atoms with van der Waals surface area (Å²) in [5, 5.41) is 11.2. The molecule has 3 atom stereocenters. The fourth-order valence-electron chi connectivity index (χ4n) is 5.46. The number of fused-ring (bicyclic) bond motifs is 1. The van der Waals surface area contributed by atoms with Crippen molar-refractivity contribution < 1.29 is 46.9 Å². The highest BCUT2D eigenvalue weighted by atomic mass is 32.2. The number of nitrogens with zero attached hydrogens (tertiary/aromatic N) is 2. The van der Waals surface area contributed by atoms with Crippen molar-refractivity contribution in [3.05, 3.63) is 64.5 Å². The van der Waals surface area contributed by atoms with Gasteiger partial charge in [0.25, 0.3) is 5.91 Å². The molecule has 4 rings (SSSR count). The van der Waals surface area contributed by atoms with E-state index in [-0.39, 0.29) is 43.3 Å². The molecule has 0 aliphatic carbocycles. The maximum absolute atomic E-state index is 14.5. The van der Waals surface area contributed by atoms with E-state index >= 15 is 0 Å². The zero-order valence-electron chi connectivity index (χ0n) is 27.0. The molecule has 2 aliphatic heterocycles. The summed E-state index contributed by atoms with van der Waals surface area (Å²) in [5.74, 6) is -4.91. The second-order valence-corrected chi connectivity index (χ2v) is 14.2. The summed E-state index contributed by atoms with van der Waals surface area (Å²) in [4.78, 5) is 54.7. The second kappa shape index (κ2) is 14.9. The number of benzene rings is 2. The van der Waals surface area contributed by atoms with Crippen LogP contribution in [0.2, 0.25) is 0 Å². The minimum absolute atomic E-state index is 0.236. The minimum Gasteiger partial charge on any atom is -0.478 e. The van der Waals surface area contributed by atoms with Gasteiger partial charge in [0.1, 0.15) is 17.2 Å². The lowest BCUT2D eigenvalue weighted by atomic mass is 9.99. The number of carboxylic acid groups (broad SMARTS) is 1. The molecule has 14 heteroatoms. The van der Waals surface area contributed by atoms with Crippen LogP contribution in [0.25, 0.3) is 0 Å². The van der Waals surface area contributed by atoms with Crippen LogP contribution >= 0.6 is 11.8 Å². The van der Waals surface area contributed by atoms with E-state index in [4.69, 9.17) is 9.47 Å². The quantitative estimate of drug-likeness (QED) is 0.340. The van der Waals surface area contributed by atoms with Gasteiger partial charge in [-0.15, -0.1) is 11.8 Å². The molecule has 0 spiro atoms. The van der Waals surface area contributed by atoms with Crippen molar-refractivity contribution in [2.24, 2.45) is 5.92 Å². The van der Waals surface area contributed by atoms with Crippen molar-refractivity contribution in [1.29, 1.82) is 0 Å². The van der Waals surface area contributed by atoms with Crippen LogP contribution in [0.3, 0.4) is 0 Å². The van der Waals surface area contributed by atoms with E-state index in [0.717, 1.165) is 11.1 Å². The van der Waals surface area contributed by atoms with Gasteiger partial charge in [0.05, 0.1) is 0 Å². The lowest BCUT2D eigenvalue weighted by molar-refractivity contribution is -0.147. The highest BCUT2D eigenvalue weighted by Crippen LogP contribution is 2.31. The first-order chi connectivity index (χ1) is 22.0. The monoisotopic (exact) mass is 679 g/mol. The molecular formula is C33H40F3N3O7S. The third-order valence-electron chi connectivity index (χ3n) is 7.73. The molecule has 2 aromatic carbocycles. The average Bonchev–Trinajstić information content (AvgIpc) is 3.47. The second-order valence-electron chi connectivity index (χ2n) is 13.0. The number of carboxylic acids is 1. The van der Waals surface area contributed by atoms with Gasteiger partial charge in [-0.1, -0.05) is 19.9 Å². The standard InChI is InChI=1S/C33H40F3N3O7S/c1-18(2)28(31(42)43)45-23-7-6-19-8-9-38(17-21(19)13-23)29(41)30-39(10-11-47-30)27(40)15-22(37-32(44)46-33(3,4)5)12-20-14-25(35)26(36)16-24(20)34/h6-7,13-14,16,18,22,28,30H,8-12,15,17H2,1-5H3,(H,37,44)(H,42,43)/t22-,28?,30?/m1/s1. The number of aliphatic carboxylic acids is 1. The molecule has 0 radical (unpaired) electrons. The smallest absolute Gasteiger partial charge is 0.407 e. The molecular weight excluding hydrogens is 639 g/mol. The Bertz CT molecular complexity index is 1520. The Morgan fingerprint density at radius 3 is 2.38 bits per heavy atom. The molecule has 2 N–H and O–H groups in total. The van der Waals surface area contributed by atoms with Gasteiger partial charge < -0.3 is 29.7 Å². The number of nitrogens with one attached hydrogen (secondary N) is 1. The zero-order chi connectivity index (χ0) is 34.6. The van der Waals surface area contributed by atoms with Crippen molar-refractivity contribution in [1.82, 2.24) is 15.1 Å². The Hall–Kier alpha value is -3.94. The highest BCUT2D eigenvalue weighted by Gasteiger charge is 2.39. The van der Waals surface area contributed by atoms with E-state index < -0.39 is 58.5 Å². The summed E-state index contributed by atoms with van der Waals surface area (Å²) < 4.78 is 53.1. The number of alkyl carbamates (subject to hydrolysis) is 1. The summed E-state index contributed by atoms with van der Waals surface area (Å²) in [6, 6.07) is 5.35. The first-order valence-electron chi connectivity index (χ1n) is 15.4. The van der Waals surface area contributed by atoms with Crippen molar-refractivity contribution in [2.75, 3.05) is 18.8 Å². The fourth-order valence-corrected chi connectivity index (χ4v) is 6.68. The predicted molar refractivity (Wildman–Crippen MR) is 168 cm³/mol. The number of amides is 3. The van der Waals surface area contributed by atoms with Crippen molar-refractivity contribution in [3.8, 4) is 5.75 Å². The molecule has 256 valence electrons. The maximum Gasteiger partial charge on any atom is 0.407 e. The van der Waals surface area contributed by atoms with Crippen LogP contribution in [0.15, 0.2) is 30.3 Å². The van der Waals surface area contributed by atoms with Crippen molar-refractivity contribution >= 4 is 35.6 Å². The van der Waals surface area contributed by atoms with E-state index in [1.807, 2.05) is 6.07 Å². The molecule has 0 aromatic heterocycles. The summed E-state index contributed by atoms with van der Waals surface area (Å²) in [6.45, 7) is 9.34. The SMILES string of the molecule is CC(C)C(Oc1ccc2c(c1)CN(C(=O)C1SCCN1C(=O)C[C@@H](Cc1cc(F)c(F)cc1F)NC(=O)OC(C)(C)C)CC2)C(=O)O. The molecule has 2 aromatic rings. The van der Waals surface area contributed by atoms with Crippen LogP contribution in [-0.4, -0.2) is 80.7 Å². The number of carbonyl (C=O) groups excluding carboxylic acids is 3. The number of rotatable bonds is 10. The number of carbonyl (C=O) groups is 4. The Morgan fingerprint density at radius 2 is 1.72 bits per heavy atom. The Kier molecular flexibility index (Phi) is 11.4. The van der Waals surface area contributed by atoms with Gasteiger partial charge in [-0.2, -0.15) is 0 Å².